The van der Waals surface area contributed by atoms with Crippen LogP contribution in [-0.2, 0) is 0 Å². The van der Waals surface area contributed by atoms with Crippen molar-refractivity contribution < 1.29 is 9.66 Å². The van der Waals surface area contributed by atoms with Crippen molar-refractivity contribution >= 4 is 5.82 Å². The predicted molar refractivity (Wildman–Crippen MR) is 75.9 cm³/mol. The Balaban J connectivity index is 2.21. The SMILES string of the molecule is CCC1(C)C(NC)CC1Oc1ccc(C)nc1[N+](=O)[O-]. The van der Waals surface area contributed by atoms with Crippen LogP contribution in [0.4, 0.5) is 5.82 Å². The Morgan fingerprint density at radius 3 is 2.85 bits per heavy atom. The third-order valence-corrected chi connectivity index (χ3v) is 4.51. The zero-order valence-electron chi connectivity index (χ0n) is 12.3. The maximum atomic E-state index is 11.1. The van der Waals surface area contributed by atoms with Gasteiger partial charge in [0.25, 0.3) is 0 Å². The second-order valence-corrected chi connectivity index (χ2v) is 5.57. The monoisotopic (exact) mass is 279 g/mol. The lowest BCUT2D eigenvalue weighted by molar-refractivity contribution is -0.391. The fourth-order valence-corrected chi connectivity index (χ4v) is 2.83. The van der Waals surface area contributed by atoms with Crippen molar-refractivity contribution in [2.45, 2.75) is 45.8 Å². The van der Waals surface area contributed by atoms with Gasteiger partial charge < -0.3 is 20.2 Å². The van der Waals surface area contributed by atoms with Crippen LogP contribution in [0.5, 0.6) is 5.75 Å². The molecule has 3 atom stereocenters. The number of ether oxygens (including phenoxy) is 1. The summed E-state index contributed by atoms with van der Waals surface area (Å²) in [5, 5.41) is 14.3. The van der Waals surface area contributed by atoms with E-state index in [1.165, 1.54) is 0 Å². The van der Waals surface area contributed by atoms with E-state index >= 15 is 0 Å². The van der Waals surface area contributed by atoms with Gasteiger partial charge in [-0.25, -0.2) is 0 Å². The minimum Gasteiger partial charge on any atom is -0.482 e. The van der Waals surface area contributed by atoms with E-state index in [9.17, 15) is 10.1 Å². The third-order valence-electron chi connectivity index (χ3n) is 4.51. The van der Waals surface area contributed by atoms with E-state index < -0.39 is 4.92 Å². The maximum absolute atomic E-state index is 11.1. The molecule has 0 bridgehead atoms. The summed E-state index contributed by atoms with van der Waals surface area (Å²) in [6.45, 7) is 5.99. The molecule has 1 aromatic rings. The van der Waals surface area contributed by atoms with E-state index in [1.54, 1.807) is 19.1 Å². The Morgan fingerprint density at radius 1 is 1.60 bits per heavy atom. The first-order valence-corrected chi connectivity index (χ1v) is 6.88. The molecule has 0 radical (unpaired) electrons. The van der Waals surface area contributed by atoms with Gasteiger partial charge in [-0.3, -0.25) is 0 Å². The van der Waals surface area contributed by atoms with Crippen molar-refractivity contribution in [3.8, 4) is 5.75 Å². The number of aromatic nitrogens is 1. The number of nitro groups is 1. The summed E-state index contributed by atoms with van der Waals surface area (Å²) in [6, 6.07) is 3.76. The van der Waals surface area contributed by atoms with Crippen molar-refractivity contribution in [2.75, 3.05) is 7.05 Å². The fourth-order valence-electron chi connectivity index (χ4n) is 2.83. The number of rotatable bonds is 5. The van der Waals surface area contributed by atoms with E-state index in [4.69, 9.17) is 4.74 Å². The van der Waals surface area contributed by atoms with Gasteiger partial charge in [-0.15, -0.1) is 0 Å². The second-order valence-electron chi connectivity index (χ2n) is 5.57. The van der Waals surface area contributed by atoms with E-state index in [0.717, 1.165) is 12.8 Å². The zero-order valence-corrected chi connectivity index (χ0v) is 12.3. The van der Waals surface area contributed by atoms with E-state index in [1.807, 2.05) is 7.05 Å². The van der Waals surface area contributed by atoms with Gasteiger partial charge in [0.05, 0.1) is 0 Å². The molecule has 1 fully saturated rings. The molecule has 1 aliphatic rings. The summed E-state index contributed by atoms with van der Waals surface area (Å²) in [5.41, 5.74) is 0.608. The number of nitrogens with zero attached hydrogens (tertiary/aromatic N) is 2. The molecule has 1 aromatic heterocycles. The van der Waals surface area contributed by atoms with Gasteiger partial charge >= 0.3 is 5.82 Å². The lowest BCUT2D eigenvalue weighted by Gasteiger charge is -2.53. The summed E-state index contributed by atoms with van der Waals surface area (Å²) >= 11 is 0. The lowest BCUT2D eigenvalue weighted by Crippen LogP contribution is -2.62. The Hall–Kier alpha value is -1.69. The first-order valence-electron chi connectivity index (χ1n) is 6.88. The average Bonchev–Trinajstić information content (AvgIpc) is 2.42. The molecule has 6 heteroatoms. The topological polar surface area (TPSA) is 77.3 Å². The summed E-state index contributed by atoms with van der Waals surface area (Å²) in [4.78, 5) is 14.5. The Kier molecular flexibility index (Phi) is 3.94. The molecule has 0 aromatic carbocycles. The molecule has 1 heterocycles. The number of hydrogen-bond donors (Lipinski definition) is 1. The van der Waals surface area contributed by atoms with E-state index in [-0.39, 0.29) is 23.1 Å². The van der Waals surface area contributed by atoms with Crippen LogP contribution in [0.1, 0.15) is 32.4 Å². The van der Waals surface area contributed by atoms with Gasteiger partial charge in [0.1, 0.15) is 11.8 Å². The van der Waals surface area contributed by atoms with Gasteiger partial charge in [-0.1, -0.05) is 13.8 Å². The highest BCUT2D eigenvalue weighted by atomic mass is 16.6. The Morgan fingerprint density at radius 2 is 2.30 bits per heavy atom. The Bertz CT molecular complexity index is 520. The molecule has 0 spiro atoms. The van der Waals surface area contributed by atoms with Gasteiger partial charge in [-0.2, -0.15) is 0 Å². The lowest BCUT2D eigenvalue weighted by atomic mass is 9.61. The first kappa shape index (κ1) is 14.7. The highest BCUT2D eigenvalue weighted by Crippen LogP contribution is 2.46. The smallest absolute Gasteiger partial charge is 0.406 e. The molecular weight excluding hydrogens is 258 g/mol. The van der Waals surface area contributed by atoms with Crippen LogP contribution in [0.3, 0.4) is 0 Å². The maximum Gasteiger partial charge on any atom is 0.406 e. The molecule has 0 aliphatic heterocycles. The van der Waals surface area contributed by atoms with Crippen LogP contribution in [0.2, 0.25) is 0 Å². The quantitative estimate of drug-likeness (QED) is 0.661. The Labute approximate surface area is 118 Å². The van der Waals surface area contributed by atoms with Crippen LogP contribution in [0.15, 0.2) is 12.1 Å². The molecule has 1 N–H and O–H groups in total. The van der Waals surface area contributed by atoms with Crippen molar-refractivity contribution in [1.29, 1.82) is 0 Å². The van der Waals surface area contributed by atoms with Crippen molar-refractivity contribution in [3.05, 3.63) is 27.9 Å². The van der Waals surface area contributed by atoms with Crippen molar-refractivity contribution in [1.82, 2.24) is 10.3 Å². The number of hydrogen-bond acceptors (Lipinski definition) is 5. The summed E-state index contributed by atoms with van der Waals surface area (Å²) in [6.07, 6.45) is 1.79. The number of nitrogens with one attached hydrogen (secondary N) is 1. The molecule has 2 rings (SSSR count). The third kappa shape index (κ3) is 2.35. The molecular formula is C14H21N3O3. The minimum atomic E-state index is -0.486. The fraction of sp³-hybridized carbons (Fsp3) is 0.643. The molecule has 1 aliphatic carbocycles. The highest BCUT2D eigenvalue weighted by molar-refractivity contribution is 5.40. The van der Waals surface area contributed by atoms with Gasteiger partial charge in [0.15, 0.2) is 0 Å². The van der Waals surface area contributed by atoms with Crippen LogP contribution >= 0.6 is 0 Å². The van der Waals surface area contributed by atoms with Crippen LogP contribution < -0.4 is 10.1 Å². The minimum absolute atomic E-state index is 0.00644. The zero-order chi connectivity index (χ0) is 14.9. The van der Waals surface area contributed by atoms with Gasteiger partial charge in [0, 0.05) is 24.8 Å². The van der Waals surface area contributed by atoms with Crippen LogP contribution in [-0.4, -0.2) is 29.1 Å². The number of aryl methyl sites for hydroxylation is 1. The van der Waals surface area contributed by atoms with E-state index in [0.29, 0.717) is 11.7 Å². The average molecular weight is 279 g/mol. The summed E-state index contributed by atoms with van der Waals surface area (Å²) in [5.74, 6) is 0.0659. The van der Waals surface area contributed by atoms with Crippen LogP contribution in [0, 0.1) is 22.5 Å². The molecule has 6 nitrogen and oxygen atoms in total. The molecule has 1 saturated carbocycles. The van der Waals surface area contributed by atoms with Crippen LogP contribution in [0.25, 0.3) is 0 Å². The highest BCUT2D eigenvalue weighted by Gasteiger charge is 2.51. The normalized spacial score (nSPS) is 28.8. The molecule has 20 heavy (non-hydrogen) atoms. The van der Waals surface area contributed by atoms with E-state index in [2.05, 4.69) is 24.1 Å². The van der Waals surface area contributed by atoms with Gasteiger partial charge in [-0.05, 0) is 35.5 Å². The second kappa shape index (κ2) is 5.36. The van der Waals surface area contributed by atoms with Crippen molar-refractivity contribution in [3.63, 3.8) is 0 Å². The summed E-state index contributed by atoms with van der Waals surface area (Å²) in [7, 11) is 1.94. The molecule has 0 amide bonds. The number of pyridine rings is 1. The molecule has 3 unspecified atom stereocenters. The summed E-state index contributed by atoms with van der Waals surface area (Å²) < 4.78 is 5.89. The largest absolute Gasteiger partial charge is 0.482 e. The van der Waals surface area contributed by atoms with Crippen molar-refractivity contribution in [2.24, 2.45) is 5.41 Å². The standard InChI is InChI=1S/C14H21N3O3/c1-5-14(3)11(15-4)8-12(14)20-10-7-6-9(2)16-13(10)17(18)19/h6-7,11-12,15H,5,8H2,1-4H3. The first-order chi connectivity index (χ1) is 9.42. The molecule has 0 saturated heterocycles. The molecule has 110 valence electrons. The predicted octanol–water partition coefficient (Wildman–Crippen LogP) is 2.45. The van der Waals surface area contributed by atoms with Gasteiger partial charge in [0.2, 0.25) is 5.75 Å².